The average molecular weight is 276 g/mol. The molecule has 0 heterocycles. The van der Waals surface area contributed by atoms with Gasteiger partial charge in [-0.25, -0.2) is 8.42 Å². The van der Waals surface area contributed by atoms with Gasteiger partial charge < -0.3 is 0 Å². The van der Waals surface area contributed by atoms with E-state index in [0.29, 0.717) is 12.2 Å². The number of hydrogen-bond acceptors (Lipinski definition) is 2. The van der Waals surface area contributed by atoms with Gasteiger partial charge in [0.05, 0.1) is 5.75 Å². The monoisotopic (exact) mass is 276 g/mol. The van der Waals surface area contributed by atoms with E-state index in [-0.39, 0.29) is 0 Å². The van der Waals surface area contributed by atoms with Gasteiger partial charge in [-0.2, -0.15) is 0 Å². The van der Waals surface area contributed by atoms with Crippen LogP contribution in [0, 0.1) is 0 Å². The standard InChI is InChI=1S/C6H13IO2S/c1-4-5-10(8,9)6(2,3)7/h4-5H2,1-3H3. The maximum absolute atomic E-state index is 11.2. The Balaban J connectivity index is 4.44. The zero-order valence-corrected chi connectivity index (χ0v) is 9.49. The Morgan fingerprint density at radius 3 is 1.90 bits per heavy atom. The van der Waals surface area contributed by atoms with Crippen molar-refractivity contribution in [2.75, 3.05) is 5.75 Å². The molecule has 0 saturated carbocycles. The van der Waals surface area contributed by atoms with Gasteiger partial charge in [-0.1, -0.05) is 29.5 Å². The van der Waals surface area contributed by atoms with Gasteiger partial charge in [0.25, 0.3) is 0 Å². The van der Waals surface area contributed by atoms with Crippen LogP contribution in [-0.4, -0.2) is 16.9 Å². The largest absolute Gasteiger partial charge is 0.227 e. The summed E-state index contributed by atoms with van der Waals surface area (Å²) in [5, 5.41) is 0. The lowest BCUT2D eigenvalue weighted by atomic mass is 10.6. The Morgan fingerprint density at radius 2 is 1.80 bits per heavy atom. The summed E-state index contributed by atoms with van der Waals surface area (Å²) in [4.78, 5) is 0. The lowest BCUT2D eigenvalue weighted by molar-refractivity contribution is 0.584. The van der Waals surface area contributed by atoms with Crippen molar-refractivity contribution in [2.24, 2.45) is 0 Å². The Hall–Kier alpha value is 0.680. The molecule has 0 aliphatic carbocycles. The van der Waals surface area contributed by atoms with Crippen LogP contribution >= 0.6 is 22.6 Å². The molecule has 0 fully saturated rings. The summed E-state index contributed by atoms with van der Waals surface area (Å²) >= 11 is 1.95. The van der Waals surface area contributed by atoms with Crippen molar-refractivity contribution in [1.82, 2.24) is 0 Å². The third-order valence-corrected chi connectivity index (χ3v) is 5.65. The minimum absolute atomic E-state index is 0.295. The highest BCUT2D eigenvalue weighted by Gasteiger charge is 2.29. The number of hydrogen-bond donors (Lipinski definition) is 0. The molecule has 0 N–H and O–H groups in total. The summed E-state index contributed by atoms with van der Waals surface area (Å²) in [5.74, 6) is 0.295. The zero-order valence-electron chi connectivity index (χ0n) is 6.52. The van der Waals surface area contributed by atoms with Gasteiger partial charge in [0.15, 0.2) is 9.84 Å². The first-order valence-corrected chi connectivity index (χ1v) is 5.95. The molecular formula is C6H13IO2S. The van der Waals surface area contributed by atoms with Crippen LogP contribution in [-0.2, 0) is 9.84 Å². The number of sulfone groups is 1. The number of halogens is 1. The molecule has 0 aromatic carbocycles. The van der Waals surface area contributed by atoms with E-state index in [1.807, 2.05) is 29.5 Å². The molecular weight excluding hydrogens is 263 g/mol. The van der Waals surface area contributed by atoms with Gasteiger partial charge in [0.2, 0.25) is 0 Å². The van der Waals surface area contributed by atoms with E-state index in [0.717, 1.165) is 0 Å². The van der Waals surface area contributed by atoms with Gasteiger partial charge in [0.1, 0.15) is 2.75 Å². The maximum atomic E-state index is 11.2. The van der Waals surface area contributed by atoms with E-state index < -0.39 is 12.6 Å². The lowest BCUT2D eigenvalue weighted by Gasteiger charge is -2.15. The van der Waals surface area contributed by atoms with Crippen LogP contribution in [0.3, 0.4) is 0 Å². The molecule has 0 amide bonds. The van der Waals surface area contributed by atoms with Crippen molar-refractivity contribution >= 4 is 32.4 Å². The van der Waals surface area contributed by atoms with E-state index >= 15 is 0 Å². The van der Waals surface area contributed by atoms with Crippen molar-refractivity contribution in [3.05, 3.63) is 0 Å². The Kier molecular flexibility index (Phi) is 3.61. The molecule has 62 valence electrons. The first kappa shape index (κ1) is 10.7. The minimum Gasteiger partial charge on any atom is -0.227 e. The van der Waals surface area contributed by atoms with Crippen LogP contribution in [0.5, 0.6) is 0 Å². The second-order valence-electron chi connectivity index (χ2n) is 2.68. The van der Waals surface area contributed by atoms with Crippen LogP contribution in [0.4, 0.5) is 0 Å². The number of rotatable bonds is 3. The summed E-state index contributed by atoms with van der Waals surface area (Å²) < 4.78 is 21.9. The maximum Gasteiger partial charge on any atom is 0.164 e. The molecule has 0 aliphatic heterocycles. The first-order chi connectivity index (χ1) is 4.31. The highest BCUT2D eigenvalue weighted by atomic mass is 127. The molecule has 0 radical (unpaired) electrons. The lowest BCUT2D eigenvalue weighted by Crippen LogP contribution is -2.26. The molecule has 0 aromatic rings. The number of alkyl halides is 1. The van der Waals surface area contributed by atoms with Gasteiger partial charge in [-0.05, 0) is 20.3 Å². The van der Waals surface area contributed by atoms with Gasteiger partial charge >= 0.3 is 0 Å². The van der Waals surface area contributed by atoms with Crippen molar-refractivity contribution < 1.29 is 8.42 Å². The quantitative estimate of drug-likeness (QED) is 0.583. The molecule has 4 heteroatoms. The molecule has 0 saturated heterocycles. The van der Waals surface area contributed by atoms with E-state index in [2.05, 4.69) is 0 Å². The average Bonchev–Trinajstić information content (AvgIpc) is 1.61. The fourth-order valence-corrected chi connectivity index (χ4v) is 2.19. The predicted octanol–water partition coefficient (Wildman–Crippen LogP) is 1.98. The third-order valence-electron chi connectivity index (χ3n) is 1.21. The van der Waals surface area contributed by atoms with Crippen molar-refractivity contribution in [2.45, 2.75) is 29.9 Å². The molecule has 0 rings (SSSR count). The smallest absolute Gasteiger partial charge is 0.164 e. The van der Waals surface area contributed by atoms with Gasteiger partial charge in [-0.15, -0.1) is 0 Å². The molecule has 2 nitrogen and oxygen atoms in total. The van der Waals surface area contributed by atoms with Crippen molar-refractivity contribution in [3.63, 3.8) is 0 Å². The van der Waals surface area contributed by atoms with E-state index in [1.54, 1.807) is 13.8 Å². The predicted molar refractivity (Wildman–Crippen MR) is 52.2 cm³/mol. The molecule has 0 bridgehead atoms. The second kappa shape index (κ2) is 3.38. The Labute approximate surface area is 76.5 Å². The highest BCUT2D eigenvalue weighted by molar-refractivity contribution is 14.1. The summed E-state index contributed by atoms with van der Waals surface area (Å²) in [5.41, 5.74) is 0. The van der Waals surface area contributed by atoms with Crippen LogP contribution in [0.2, 0.25) is 0 Å². The first-order valence-electron chi connectivity index (χ1n) is 3.22. The molecule has 0 atom stereocenters. The Bertz CT molecular complexity index is 188. The van der Waals surface area contributed by atoms with E-state index in [1.165, 1.54) is 0 Å². The summed E-state index contributed by atoms with van der Waals surface area (Å²) in [7, 11) is -2.86. The third kappa shape index (κ3) is 2.74. The van der Waals surface area contributed by atoms with E-state index in [4.69, 9.17) is 0 Å². The van der Waals surface area contributed by atoms with Crippen LogP contribution in [0.25, 0.3) is 0 Å². The zero-order chi connectivity index (χ0) is 8.41. The summed E-state index contributed by atoms with van der Waals surface area (Å²) in [6.07, 6.45) is 0.703. The summed E-state index contributed by atoms with van der Waals surface area (Å²) in [6.45, 7) is 5.32. The second-order valence-corrected chi connectivity index (χ2v) is 8.77. The molecule has 10 heavy (non-hydrogen) atoms. The molecule has 0 unspecified atom stereocenters. The molecule has 0 spiro atoms. The fourth-order valence-electron chi connectivity index (χ4n) is 0.511. The Morgan fingerprint density at radius 1 is 1.40 bits per heavy atom. The summed E-state index contributed by atoms with van der Waals surface area (Å²) in [6, 6.07) is 0. The fraction of sp³-hybridized carbons (Fsp3) is 1.00. The van der Waals surface area contributed by atoms with Crippen LogP contribution in [0.15, 0.2) is 0 Å². The van der Waals surface area contributed by atoms with Crippen LogP contribution in [0.1, 0.15) is 27.2 Å². The molecule has 0 aliphatic rings. The molecule has 0 aromatic heterocycles. The highest BCUT2D eigenvalue weighted by Crippen LogP contribution is 2.25. The minimum atomic E-state index is -2.86. The van der Waals surface area contributed by atoms with Crippen molar-refractivity contribution in [1.29, 1.82) is 0 Å². The SMILES string of the molecule is CCCS(=O)(=O)C(C)(C)I. The van der Waals surface area contributed by atoms with Gasteiger partial charge in [0, 0.05) is 0 Å². The van der Waals surface area contributed by atoms with Crippen LogP contribution < -0.4 is 0 Å². The van der Waals surface area contributed by atoms with Crippen molar-refractivity contribution in [3.8, 4) is 0 Å². The topological polar surface area (TPSA) is 34.1 Å². The van der Waals surface area contributed by atoms with Gasteiger partial charge in [-0.3, -0.25) is 0 Å². The normalized spacial score (nSPS) is 13.6. The van der Waals surface area contributed by atoms with E-state index in [9.17, 15) is 8.42 Å².